The number of nitrogens with zero attached hydrogens (tertiary/aromatic N) is 1. The molecule has 0 fully saturated rings. The molecule has 0 aliphatic carbocycles. The van der Waals surface area contributed by atoms with Gasteiger partial charge in [-0.1, -0.05) is 18.2 Å². The Morgan fingerprint density at radius 2 is 1.85 bits per heavy atom. The number of carbonyl (C=O) groups excluding carboxylic acids is 1. The average Bonchev–Trinajstić information content (AvgIpc) is 3.14. The highest BCUT2D eigenvalue weighted by atomic mass is 32.1. The van der Waals surface area contributed by atoms with E-state index in [9.17, 15) is 9.18 Å². The summed E-state index contributed by atoms with van der Waals surface area (Å²) in [6.45, 7) is 1.84. The number of thiophene rings is 1. The summed E-state index contributed by atoms with van der Waals surface area (Å²) in [6, 6.07) is 15.6. The number of aromatic nitrogens is 1. The lowest BCUT2D eigenvalue weighted by Crippen LogP contribution is -2.20. The molecule has 0 aliphatic heterocycles. The molecule has 2 heterocycles. The monoisotopic (exact) mass is 377 g/mol. The number of urea groups is 1. The van der Waals surface area contributed by atoms with Crippen LogP contribution in [-0.2, 0) is 0 Å². The van der Waals surface area contributed by atoms with Crippen LogP contribution in [0.3, 0.4) is 0 Å². The zero-order valence-corrected chi connectivity index (χ0v) is 15.3. The first-order valence-corrected chi connectivity index (χ1v) is 9.25. The highest BCUT2D eigenvalue weighted by Gasteiger charge is 2.09. The molecule has 4 rings (SSSR count). The second-order valence-electron chi connectivity index (χ2n) is 6.13. The molecule has 6 heteroatoms. The minimum atomic E-state index is -0.489. The fourth-order valence-corrected chi connectivity index (χ4v) is 3.74. The van der Waals surface area contributed by atoms with Crippen molar-refractivity contribution in [3.05, 3.63) is 77.6 Å². The van der Waals surface area contributed by atoms with E-state index < -0.39 is 11.8 Å². The van der Waals surface area contributed by atoms with Gasteiger partial charge in [0.1, 0.15) is 5.82 Å². The summed E-state index contributed by atoms with van der Waals surface area (Å²) < 4.78 is 14.9. The van der Waals surface area contributed by atoms with Gasteiger partial charge in [0.05, 0.1) is 15.9 Å². The van der Waals surface area contributed by atoms with Crippen LogP contribution >= 0.6 is 11.3 Å². The molecule has 134 valence electrons. The van der Waals surface area contributed by atoms with Gasteiger partial charge in [0.2, 0.25) is 0 Å². The largest absolute Gasteiger partial charge is 0.323 e. The number of anilines is 2. The van der Waals surface area contributed by atoms with Crippen LogP contribution < -0.4 is 10.6 Å². The van der Waals surface area contributed by atoms with Crippen LogP contribution in [0.5, 0.6) is 0 Å². The molecule has 0 unspecified atom stereocenters. The van der Waals surface area contributed by atoms with Crippen LogP contribution in [0.2, 0.25) is 0 Å². The van der Waals surface area contributed by atoms with Crippen molar-refractivity contribution in [2.75, 3.05) is 10.6 Å². The lowest BCUT2D eigenvalue weighted by molar-refractivity contribution is 0.262. The number of hydrogen-bond donors (Lipinski definition) is 2. The first kappa shape index (κ1) is 17.2. The third-order valence-electron chi connectivity index (χ3n) is 4.17. The molecule has 2 aromatic heterocycles. The van der Waals surface area contributed by atoms with E-state index in [1.807, 2.05) is 48.7 Å². The predicted octanol–water partition coefficient (Wildman–Crippen LogP) is 6.05. The van der Waals surface area contributed by atoms with Crippen molar-refractivity contribution in [2.24, 2.45) is 0 Å². The van der Waals surface area contributed by atoms with Gasteiger partial charge in [0.25, 0.3) is 0 Å². The van der Waals surface area contributed by atoms with Crippen molar-refractivity contribution >= 4 is 39.0 Å². The number of fused-ring (bicyclic) bond motifs is 1. The topological polar surface area (TPSA) is 54.0 Å². The molecule has 4 nitrogen and oxygen atoms in total. The van der Waals surface area contributed by atoms with Crippen molar-refractivity contribution in [1.82, 2.24) is 4.98 Å². The maximum absolute atomic E-state index is 13.8. The molecule has 0 spiro atoms. The van der Waals surface area contributed by atoms with Gasteiger partial charge in [-0.2, -0.15) is 0 Å². The minimum Gasteiger partial charge on any atom is -0.308 e. The summed E-state index contributed by atoms with van der Waals surface area (Å²) >= 11 is 1.65. The molecule has 2 aromatic carbocycles. The van der Waals surface area contributed by atoms with Crippen LogP contribution in [0.1, 0.15) is 5.56 Å². The summed E-state index contributed by atoms with van der Waals surface area (Å²) in [5.74, 6) is -0.469. The van der Waals surface area contributed by atoms with Crippen LogP contribution in [0.15, 0.2) is 66.2 Å². The van der Waals surface area contributed by atoms with E-state index in [0.29, 0.717) is 5.69 Å². The maximum Gasteiger partial charge on any atom is 0.323 e. The van der Waals surface area contributed by atoms with Gasteiger partial charge in [-0.3, -0.25) is 4.98 Å². The lowest BCUT2D eigenvalue weighted by Gasteiger charge is -2.10. The zero-order valence-electron chi connectivity index (χ0n) is 14.5. The molecular formula is C21H16FN3OS. The van der Waals surface area contributed by atoms with E-state index in [1.165, 1.54) is 6.07 Å². The van der Waals surface area contributed by atoms with Crippen molar-refractivity contribution in [3.63, 3.8) is 0 Å². The first-order valence-electron chi connectivity index (χ1n) is 8.37. The van der Waals surface area contributed by atoms with Crippen LogP contribution in [0.25, 0.3) is 21.3 Å². The highest BCUT2D eigenvalue weighted by molar-refractivity contribution is 7.17. The number of benzene rings is 2. The Bertz CT molecular complexity index is 1120. The van der Waals surface area contributed by atoms with Crippen molar-refractivity contribution in [1.29, 1.82) is 0 Å². The Labute approximate surface area is 159 Å². The fourth-order valence-electron chi connectivity index (χ4n) is 2.85. The van der Waals surface area contributed by atoms with Crippen molar-refractivity contribution in [3.8, 4) is 11.1 Å². The van der Waals surface area contributed by atoms with Crippen molar-refractivity contribution < 1.29 is 9.18 Å². The number of hydrogen-bond acceptors (Lipinski definition) is 3. The summed E-state index contributed by atoms with van der Waals surface area (Å²) in [6.07, 6.45) is 1.79. The molecule has 0 saturated heterocycles. The van der Waals surface area contributed by atoms with E-state index in [-0.39, 0.29) is 5.69 Å². The van der Waals surface area contributed by atoms with Gasteiger partial charge in [0.15, 0.2) is 0 Å². The third kappa shape index (κ3) is 3.66. The van der Waals surface area contributed by atoms with Gasteiger partial charge in [-0.15, -0.1) is 11.3 Å². The average molecular weight is 377 g/mol. The van der Waals surface area contributed by atoms with E-state index in [0.717, 1.165) is 26.9 Å². The highest BCUT2D eigenvalue weighted by Crippen LogP contribution is 2.31. The molecule has 0 radical (unpaired) electrons. The van der Waals surface area contributed by atoms with Crippen LogP contribution in [0, 0.1) is 12.7 Å². The molecular weight excluding hydrogens is 361 g/mol. The Kier molecular flexibility index (Phi) is 4.56. The standard InChI is InChI=1S/C21H16FN3OS/c1-13-2-7-17(22)19(12-13)25-21(26)24-15-5-3-14(4-6-15)16-8-10-23-18-9-11-27-20(16)18/h2-12H,1H3,(H2,24,25,26). The number of rotatable bonds is 3. The van der Waals surface area contributed by atoms with Crippen LogP contribution in [0.4, 0.5) is 20.6 Å². The smallest absolute Gasteiger partial charge is 0.308 e. The van der Waals surface area contributed by atoms with Gasteiger partial charge in [-0.25, -0.2) is 9.18 Å². The maximum atomic E-state index is 13.8. The summed E-state index contributed by atoms with van der Waals surface area (Å²) in [7, 11) is 0. The fraction of sp³-hybridized carbons (Fsp3) is 0.0476. The van der Waals surface area contributed by atoms with Gasteiger partial charge >= 0.3 is 6.03 Å². The van der Waals surface area contributed by atoms with E-state index in [1.54, 1.807) is 29.7 Å². The summed E-state index contributed by atoms with van der Waals surface area (Å²) in [5, 5.41) is 7.28. The van der Waals surface area contributed by atoms with Crippen LogP contribution in [-0.4, -0.2) is 11.0 Å². The number of pyridine rings is 1. The number of carbonyl (C=O) groups is 1. The molecule has 0 aliphatic rings. The Hall–Kier alpha value is -3.25. The van der Waals surface area contributed by atoms with E-state index >= 15 is 0 Å². The van der Waals surface area contributed by atoms with Gasteiger partial charge in [0, 0.05) is 17.4 Å². The first-order chi connectivity index (χ1) is 13.1. The molecule has 0 atom stereocenters. The second-order valence-corrected chi connectivity index (χ2v) is 7.05. The minimum absolute atomic E-state index is 0.154. The second kappa shape index (κ2) is 7.17. The number of nitrogens with one attached hydrogen (secondary N) is 2. The number of halogens is 1. The van der Waals surface area contributed by atoms with Crippen molar-refractivity contribution in [2.45, 2.75) is 6.92 Å². The SMILES string of the molecule is Cc1ccc(F)c(NC(=O)Nc2ccc(-c3ccnc4ccsc34)cc2)c1. The predicted molar refractivity (Wildman–Crippen MR) is 109 cm³/mol. The Morgan fingerprint density at radius 1 is 1.04 bits per heavy atom. The van der Waals surface area contributed by atoms with E-state index in [2.05, 4.69) is 15.6 Å². The molecule has 4 aromatic rings. The molecule has 0 saturated carbocycles. The molecule has 0 bridgehead atoms. The molecule has 27 heavy (non-hydrogen) atoms. The number of aryl methyl sites for hydroxylation is 1. The molecule has 2 amide bonds. The van der Waals surface area contributed by atoms with Gasteiger partial charge < -0.3 is 10.6 Å². The lowest BCUT2D eigenvalue weighted by atomic mass is 10.1. The van der Waals surface area contributed by atoms with Gasteiger partial charge in [-0.05, 0) is 59.8 Å². The Balaban J connectivity index is 1.50. The summed E-state index contributed by atoms with van der Waals surface area (Å²) in [4.78, 5) is 16.5. The summed E-state index contributed by atoms with van der Waals surface area (Å²) in [5.41, 5.74) is 4.77. The Morgan fingerprint density at radius 3 is 2.67 bits per heavy atom. The normalized spacial score (nSPS) is 10.7. The molecule has 2 N–H and O–H groups in total. The number of amides is 2. The van der Waals surface area contributed by atoms with E-state index in [4.69, 9.17) is 0 Å². The zero-order chi connectivity index (χ0) is 18.8. The third-order valence-corrected chi connectivity index (χ3v) is 5.10. The quantitative estimate of drug-likeness (QED) is 0.456.